The molecule has 0 aliphatic carbocycles. The van der Waals surface area contributed by atoms with E-state index in [4.69, 9.17) is 4.74 Å². The van der Waals surface area contributed by atoms with Gasteiger partial charge in [-0.1, -0.05) is 24.3 Å². The second-order valence-electron chi connectivity index (χ2n) is 5.99. The van der Waals surface area contributed by atoms with Crippen LogP contribution in [-0.4, -0.2) is 37.0 Å². The van der Waals surface area contributed by atoms with Crippen LogP contribution < -0.4 is 5.32 Å². The van der Waals surface area contributed by atoms with Gasteiger partial charge < -0.3 is 10.1 Å². The Hall–Kier alpha value is -2.31. The average molecular weight is 346 g/mol. The number of rotatable bonds is 5. The molecule has 0 bridgehead atoms. The predicted octanol–water partition coefficient (Wildman–Crippen LogP) is 3.37. The number of carbonyl (C=O) groups is 1. The number of halogens is 2. The van der Waals surface area contributed by atoms with Gasteiger partial charge in [0.25, 0.3) is 0 Å². The standard InChI is InChI=1S/C19H20F2N2O2/c20-15-7-5-14(6-8-15)18-13-23(11-12-25-18)10-9-19(24)22-17-4-2-1-3-16(17)21/h1-8,18H,9-13H2,(H,22,24)/t18-/m1/s1. The lowest BCUT2D eigenvalue weighted by Gasteiger charge is -2.33. The number of hydrogen-bond donors (Lipinski definition) is 1. The van der Waals surface area contributed by atoms with E-state index in [-0.39, 0.29) is 29.9 Å². The third-order valence-corrected chi connectivity index (χ3v) is 4.20. The van der Waals surface area contributed by atoms with E-state index in [1.807, 2.05) is 0 Å². The Labute approximate surface area is 145 Å². The average Bonchev–Trinajstić information content (AvgIpc) is 2.63. The van der Waals surface area contributed by atoms with E-state index in [2.05, 4.69) is 10.2 Å². The first-order chi connectivity index (χ1) is 12.1. The lowest BCUT2D eigenvalue weighted by molar-refractivity contribution is -0.117. The number of amides is 1. The Morgan fingerprint density at radius 2 is 1.92 bits per heavy atom. The molecule has 132 valence electrons. The molecule has 1 aliphatic heterocycles. The zero-order valence-electron chi connectivity index (χ0n) is 13.8. The second-order valence-corrected chi connectivity index (χ2v) is 5.99. The van der Waals surface area contributed by atoms with Gasteiger partial charge in [0.05, 0.1) is 18.4 Å². The van der Waals surface area contributed by atoms with Gasteiger partial charge >= 0.3 is 0 Å². The van der Waals surface area contributed by atoms with Gasteiger partial charge in [-0.15, -0.1) is 0 Å². The summed E-state index contributed by atoms with van der Waals surface area (Å²) < 4.78 is 32.3. The number of morpholine rings is 1. The number of nitrogens with one attached hydrogen (secondary N) is 1. The summed E-state index contributed by atoms with van der Waals surface area (Å²) in [6.07, 6.45) is 0.133. The van der Waals surface area contributed by atoms with Gasteiger partial charge in [-0.3, -0.25) is 9.69 Å². The van der Waals surface area contributed by atoms with Crippen LogP contribution in [0.5, 0.6) is 0 Å². The topological polar surface area (TPSA) is 41.6 Å². The maximum atomic E-state index is 13.5. The molecule has 0 unspecified atom stereocenters. The van der Waals surface area contributed by atoms with Crippen molar-refractivity contribution in [2.24, 2.45) is 0 Å². The summed E-state index contributed by atoms with van der Waals surface area (Å²) in [5, 5.41) is 2.59. The van der Waals surface area contributed by atoms with Gasteiger partial charge in [0.1, 0.15) is 11.6 Å². The molecule has 4 nitrogen and oxygen atoms in total. The van der Waals surface area contributed by atoms with Crippen LogP contribution in [0.1, 0.15) is 18.1 Å². The number of para-hydroxylation sites is 1. The smallest absolute Gasteiger partial charge is 0.225 e. The molecular weight excluding hydrogens is 326 g/mol. The summed E-state index contributed by atoms with van der Waals surface area (Å²) in [5.41, 5.74) is 1.11. The lowest BCUT2D eigenvalue weighted by atomic mass is 10.1. The van der Waals surface area contributed by atoms with Gasteiger partial charge in [0.2, 0.25) is 5.91 Å². The predicted molar refractivity (Wildman–Crippen MR) is 91.2 cm³/mol. The van der Waals surface area contributed by atoms with E-state index in [0.29, 0.717) is 19.7 Å². The van der Waals surface area contributed by atoms with Crippen LogP contribution in [0.3, 0.4) is 0 Å². The molecule has 1 atom stereocenters. The Morgan fingerprint density at radius 3 is 2.68 bits per heavy atom. The molecule has 2 aromatic rings. The monoisotopic (exact) mass is 346 g/mol. The van der Waals surface area contributed by atoms with E-state index in [0.717, 1.165) is 12.1 Å². The molecule has 2 aromatic carbocycles. The van der Waals surface area contributed by atoms with Crippen molar-refractivity contribution >= 4 is 11.6 Å². The molecular formula is C19H20F2N2O2. The van der Waals surface area contributed by atoms with Crippen molar-refractivity contribution in [3.8, 4) is 0 Å². The summed E-state index contributed by atoms with van der Waals surface area (Å²) in [5.74, 6) is -0.949. The van der Waals surface area contributed by atoms with Crippen LogP contribution in [-0.2, 0) is 9.53 Å². The molecule has 1 saturated heterocycles. The lowest BCUT2D eigenvalue weighted by Crippen LogP contribution is -2.39. The Bertz CT molecular complexity index is 722. The van der Waals surface area contributed by atoms with Crippen molar-refractivity contribution < 1.29 is 18.3 Å². The Kier molecular flexibility index (Phi) is 5.73. The molecule has 1 amide bonds. The van der Waals surface area contributed by atoms with Crippen molar-refractivity contribution in [2.45, 2.75) is 12.5 Å². The summed E-state index contributed by atoms with van der Waals surface area (Å²) in [4.78, 5) is 14.1. The molecule has 1 fully saturated rings. The van der Waals surface area contributed by atoms with E-state index < -0.39 is 5.82 Å². The maximum Gasteiger partial charge on any atom is 0.225 e. The Balaban J connectivity index is 1.50. The molecule has 0 saturated carbocycles. The van der Waals surface area contributed by atoms with Crippen molar-refractivity contribution in [1.82, 2.24) is 4.90 Å². The molecule has 0 aromatic heterocycles. The number of hydrogen-bond acceptors (Lipinski definition) is 3. The summed E-state index contributed by atoms with van der Waals surface area (Å²) in [7, 11) is 0. The normalized spacial score (nSPS) is 18.1. The first-order valence-electron chi connectivity index (χ1n) is 8.25. The number of nitrogens with zero attached hydrogens (tertiary/aromatic N) is 1. The van der Waals surface area contributed by atoms with Gasteiger partial charge in [-0.25, -0.2) is 8.78 Å². The third kappa shape index (κ3) is 4.84. The Morgan fingerprint density at radius 1 is 1.16 bits per heavy atom. The zero-order valence-corrected chi connectivity index (χ0v) is 13.8. The van der Waals surface area contributed by atoms with Gasteiger partial charge in [-0.05, 0) is 29.8 Å². The van der Waals surface area contributed by atoms with Crippen LogP contribution in [0, 0.1) is 11.6 Å². The van der Waals surface area contributed by atoms with Crippen LogP contribution in [0.4, 0.5) is 14.5 Å². The second kappa shape index (κ2) is 8.18. The van der Waals surface area contributed by atoms with Crippen molar-refractivity contribution in [2.75, 3.05) is 31.6 Å². The third-order valence-electron chi connectivity index (χ3n) is 4.20. The first-order valence-corrected chi connectivity index (χ1v) is 8.25. The molecule has 3 rings (SSSR count). The summed E-state index contributed by atoms with van der Waals surface area (Å²) in [6.45, 7) is 2.47. The number of benzene rings is 2. The molecule has 1 heterocycles. The summed E-state index contributed by atoms with van der Waals surface area (Å²) >= 11 is 0. The molecule has 6 heteroatoms. The minimum absolute atomic E-state index is 0.135. The SMILES string of the molecule is O=C(CCN1CCO[C@@H](c2ccc(F)cc2)C1)Nc1ccccc1F. The fraction of sp³-hybridized carbons (Fsp3) is 0.316. The highest BCUT2D eigenvalue weighted by atomic mass is 19.1. The minimum atomic E-state index is -0.446. The van der Waals surface area contributed by atoms with Crippen LogP contribution in [0.2, 0.25) is 0 Å². The van der Waals surface area contributed by atoms with E-state index in [1.165, 1.54) is 24.3 Å². The molecule has 0 radical (unpaired) electrons. The fourth-order valence-corrected chi connectivity index (χ4v) is 2.82. The highest BCUT2D eigenvalue weighted by molar-refractivity contribution is 5.90. The molecule has 1 aliphatic rings. The highest BCUT2D eigenvalue weighted by Crippen LogP contribution is 2.22. The first kappa shape index (κ1) is 17.5. The van der Waals surface area contributed by atoms with Gasteiger partial charge in [0.15, 0.2) is 0 Å². The van der Waals surface area contributed by atoms with E-state index >= 15 is 0 Å². The molecule has 0 spiro atoms. The quantitative estimate of drug-likeness (QED) is 0.903. The van der Waals surface area contributed by atoms with Gasteiger partial charge in [0, 0.05) is 26.1 Å². The number of anilines is 1. The number of carbonyl (C=O) groups excluding carboxylic acids is 1. The van der Waals surface area contributed by atoms with Crippen molar-refractivity contribution in [1.29, 1.82) is 0 Å². The zero-order chi connectivity index (χ0) is 17.6. The highest BCUT2D eigenvalue weighted by Gasteiger charge is 2.22. The summed E-state index contributed by atoms with van der Waals surface area (Å²) in [6, 6.07) is 12.4. The largest absolute Gasteiger partial charge is 0.371 e. The van der Waals surface area contributed by atoms with Gasteiger partial charge in [-0.2, -0.15) is 0 Å². The molecule has 25 heavy (non-hydrogen) atoms. The van der Waals surface area contributed by atoms with Crippen LogP contribution in [0.15, 0.2) is 48.5 Å². The van der Waals surface area contributed by atoms with Crippen molar-refractivity contribution in [3.05, 3.63) is 65.7 Å². The van der Waals surface area contributed by atoms with E-state index in [9.17, 15) is 13.6 Å². The van der Waals surface area contributed by atoms with E-state index in [1.54, 1.807) is 24.3 Å². The fourth-order valence-electron chi connectivity index (χ4n) is 2.82. The minimum Gasteiger partial charge on any atom is -0.371 e. The molecule has 1 N–H and O–H groups in total. The van der Waals surface area contributed by atoms with Crippen molar-refractivity contribution in [3.63, 3.8) is 0 Å². The van der Waals surface area contributed by atoms with Crippen LogP contribution >= 0.6 is 0 Å². The number of ether oxygens (including phenoxy) is 1. The van der Waals surface area contributed by atoms with Crippen LogP contribution in [0.25, 0.3) is 0 Å². The maximum absolute atomic E-state index is 13.5.